The second-order valence-corrected chi connectivity index (χ2v) is 4.81. The molecule has 0 aliphatic heterocycles. The maximum absolute atomic E-state index is 8.76. The maximum atomic E-state index is 8.76. The first kappa shape index (κ1) is 11.7. The van der Waals surface area contributed by atoms with Gasteiger partial charge in [0.25, 0.3) is 0 Å². The molecule has 1 aromatic carbocycles. The molecule has 84 valence electrons. The Labute approximate surface area is 105 Å². The maximum Gasteiger partial charge on any atom is 0.140 e. The van der Waals surface area contributed by atoms with Crippen molar-refractivity contribution in [1.29, 1.82) is 5.26 Å². The van der Waals surface area contributed by atoms with E-state index in [-0.39, 0.29) is 0 Å². The average Bonchev–Trinajstić information content (AvgIpc) is 2.38. The normalized spacial score (nSPS) is 9.88. The van der Waals surface area contributed by atoms with E-state index >= 15 is 0 Å². The van der Waals surface area contributed by atoms with Crippen LogP contribution in [0.5, 0.6) is 0 Å². The van der Waals surface area contributed by atoms with Crippen molar-refractivity contribution < 1.29 is 0 Å². The Hall–Kier alpha value is -1.79. The molecule has 2 aromatic rings. The van der Waals surface area contributed by atoms with Crippen LogP contribution in [0.1, 0.15) is 16.8 Å². The molecule has 0 atom stereocenters. The SMILES string of the molecule is Cc1ccc(SCc2ccnc(C#N)c2)cc1. The molecule has 2 rings (SSSR count). The first-order valence-corrected chi connectivity index (χ1v) is 6.31. The number of benzene rings is 1. The van der Waals surface area contributed by atoms with Gasteiger partial charge in [-0.2, -0.15) is 5.26 Å². The molecule has 3 heteroatoms. The topological polar surface area (TPSA) is 36.7 Å². The van der Waals surface area contributed by atoms with Crippen LogP contribution in [0.25, 0.3) is 0 Å². The number of nitriles is 1. The predicted molar refractivity (Wildman–Crippen MR) is 69.7 cm³/mol. The number of rotatable bonds is 3. The van der Waals surface area contributed by atoms with Crippen LogP contribution in [-0.4, -0.2) is 4.98 Å². The minimum atomic E-state index is 0.479. The molecular weight excluding hydrogens is 228 g/mol. The molecule has 0 unspecified atom stereocenters. The monoisotopic (exact) mass is 240 g/mol. The van der Waals surface area contributed by atoms with Crippen molar-refractivity contribution in [3.05, 3.63) is 59.4 Å². The summed E-state index contributed by atoms with van der Waals surface area (Å²) in [6, 6.07) is 14.3. The van der Waals surface area contributed by atoms with E-state index in [9.17, 15) is 0 Å². The molecule has 1 heterocycles. The van der Waals surface area contributed by atoms with Gasteiger partial charge < -0.3 is 0 Å². The fourth-order valence-electron chi connectivity index (χ4n) is 1.43. The molecule has 2 nitrogen and oxygen atoms in total. The molecular formula is C14H12N2S. The number of hydrogen-bond donors (Lipinski definition) is 0. The van der Waals surface area contributed by atoms with Gasteiger partial charge in [0, 0.05) is 16.8 Å². The van der Waals surface area contributed by atoms with E-state index in [1.807, 2.05) is 12.1 Å². The summed E-state index contributed by atoms with van der Waals surface area (Å²) in [7, 11) is 0. The molecule has 0 fully saturated rings. The zero-order valence-electron chi connectivity index (χ0n) is 9.55. The Morgan fingerprint density at radius 2 is 2.00 bits per heavy atom. The molecule has 0 radical (unpaired) electrons. The molecule has 0 spiro atoms. The fraction of sp³-hybridized carbons (Fsp3) is 0.143. The third-order valence-electron chi connectivity index (χ3n) is 2.37. The van der Waals surface area contributed by atoms with Gasteiger partial charge in [-0.25, -0.2) is 4.98 Å². The molecule has 0 amide bonds. The van der Waals surface area contributed by atoms with Crippen LogP contribution in [0.3, 0.4) is 0 Å². The number of nitrogens with zero attached hydrogens (tertiary/aromatic N) is 2. The summed E-state index contributed by atoms with van der Waals surface area (Å²) in [5, 5.41) is 8.76. The Morgan fingerprint density at radius 3 is 2.71 bits per heavy atom. The van der Waals surface area contributed by atoms with Gasteiger partial charge in [-0.05, 0) is 36.8 Å². The van der Waals surface area contributed by atoms with E-state index in [2.05, 4.69) is 42.2 Å². The van der Waals surface area contributed by atoms with Crippen LogP contribution in [-0.2, 0) is 5.75 Å². The zero-order valence-corrected chi connectivity index (χ0v) is 10.4. The quantitative estimate of drug-likeness (QED) is 0.770. The Kier molecular flexibility index (Phi) is 3.79. The van der Waals surface area contributed by atoms with E-state index in [4.69, 9.17) is 5.26 Å². The second-order valence-electron chi connectivity index (χ2n) is 3.76. The Bertz CT molecular complexity index is 541. The van der Waals surface area contributed by atoms with Crippen molar-refractivity contribution in [1.82, 2.24) is 4.98 Å². The lowest BCUT2D eigenvalue weighted by Crippen LogP contribution is -1.86. The van der Waals surface area contributed by atoms with Crippen molar-refractivity contribution in [3.8, 4) is 6.07 Å². The lowest BCUT2D eigenvalue weighted by Gasteiger charge is -2.02. The summed E-state index contributed by atoms with van der Waals surface area (Å²) < 4.78 is 0. The van der Waals surface area contributed by atoms with Gasteiger partial charge in [0.15, 0.2) is 0 Å². The van der Waals surface area contributed by atoms with Crippen LogP contribution in [0, 0.1) is 18.3 Å². The molecule has 0 aliphatic rings. The molecule has 1 aromatic heterocycles. The number of hydrogen-bond acceptors (Lipinski definition) is 3. The van der Waals surface area contributed by atoms with Gasteiger partial charge in [-0.3, -0.25) is 0 Å². The molecule has 0 saturated carbocycles. The van der Waals surface area contributed by atoms with E-state index in [0.29, 0.717) is 5.69 Å². The van der Waals surface area contributed by atoms with Crippen molar-refractivity contribution in [2.24, 2.45) is 0 Å². The van der Waals surface area contributed by atoms with Crippen molar-refractivity contribution >= 4 is 11.8 Å². The predicted octanol–water partition coefficient (Wildman–Crippen LogP) is 3.55. The number of aromatic nitrogens is 1. The smallest absolute Gasteiger partial charge is 0.140 e. The average molecular weight is 240 g/mol. The summed E-state index contributed by atoms with van der Waals surface area (Å²) >= 11 is 1.76. The third kappa shape index (κ3) is 3.33. The van der Waals surface area contributed by atoms with E-state index in [1.165, 1.54) is 10.5 Å². The lowest BCUT2D eigenvalue weighted by molar-refractivity contribution is 1.22. The van der Waals surface area contributed by atoms with Crippen LogP contribution < -0.4 is 0 Å². The summed E-state index contributed by atoms with van der Waals surface area (Å²) in [6.07, 6.45) is 1.68. The van der Waals surface area contributed by atoms with Gasteiger partial charge in [0.05, 0.1) is 0 Å². The number of thioether (sulfide) groups is 1. The molecule has 17 heavy (non-hydrogen) atoms. The number of aryl methyl sites for hydroxylation is 1. The highest BCUT2D eigenvalue weighted by Crippen LogP contribution is 2.22. The van der Waals surface area contributed by atoms with Crippen molar-refractivity contribution in [3.63, 3.8) is 0 Å². The second kappa shape index (κ2) is 5.51. The summed E-state index contributed by atoms with van der Waals surface area (Å²) in [5.74, 6) is 0.861. The van der Waals surface area contributed by atoms with Crippen molar-refractivity contribution in [2.75, 3.05) is 0 Å². The summed E-state index contributed by atoms with van der Waals surface area (Å²) in [5.41, 5.74) is 2.87. The largest absolute Gasteiger partial charge is 0.246 e. The van der Waals surface area contributed by atoms with Gasteiger partial charge in [0.1, 0.15) is 11.8 Å². The molecule has 0 saturated heterocycles. The highest BCUT2D eigenvalue weighted by molar-refractivity contribution is 7.98. The van der Waals surface area contributed by atoms with Gasteiger partial charge in [-0.1, -0.05) is 17.7 Å². The highest BCUT2D eigenvalue weighted by Gasteiger charge is 1.98. The van der Waals surface area contributed by atoms with E-state index in [0.717, 1.165) is 11.3 Å². The van der Waals surface area contributed by atoms with E-state index < -0.39 is 0 Å². The first-order valence-electron chi connectivity index (χ1n) is 5.32. The zero-order chi connectivity index (χ0) is 12.1. The Morgan fingerprint density at radius 1 is 1.24 bits per heavy atom. The highest BCUT2D eigenvalue weighted by atomic mass is 32.2. The fourth-order valence-corrected chi connectivity index (χ4v) is 2.27. The molecule has 0 bridgehead atoms. The summed E-state index contributed by atoms with van der Waals surface area (Å²) in [4.78, 5) is 5.20. The van der Waals surface area contributed by atoms with Crippen LogP contribution in [0.4, 0.5) is 0 Å². The van der Waals surface area contributed by atoms with Gasteiger partial charge in [0.2, 0.25) is 0 Å². The molecule has 0 N–H and O–H groups in total. The molecule has 0 aliphatic carbocycles. The standard InChI is InChI=1S/C14H12N2S/c1-11-2-4-14(5-3-11)17-10-12-6-7-16-13(8-12)9-15/h2-8H,10H2,1H3. The van der Waals surface area contributed by atoms with E-state index in [1.54, 1.807) is 18.0 Å². The minimum absolute atomic E-state index is 0.479. The van der Waals surface area contributed by atoms with Gasteiger partial charge >= 0.3 is 0 Å². The van der Waals surface area contributed by atoms with Crippen LogP contribution in [0.15, 0.2) is 47.5 Å². The van der Waals surface area contributed by atoms with Crippen molar-refractivity contribution in [2.45, 2.75) is 17.6 Å². The third-order valence-corrected chi connectivity index (χ3v) is 3.45. The Balaban J connectivity index is 2.02. The lowest BCUT2D eigenvalue weighted by atomic mass is 10.2. The van der Waals surface area contributed by atoms with Crippen LogP contribution in [0.2, 0.25) is 0 Å². The van der Waals surface area contributed by atoms with Gasteiger partial charge in [-0.15, -0.1) is 11.8 Å². The number of pyridine rings is 1. The van der Waals surface area contributed by atoms with Crippen LogP contribution >= 0.6 is 11.8 Å². The minimum Gasteiger partial charge on any atom is -0.246 e. The first-order chi connectivity index (χ1) is 8.28. The summed E-state index contributed by atoms with van der Waals surface area (Å²) in [6.45, 7) is 2.08.